The molecule has 138 valence electrons. The molecule has 0 saturated carbocycles. The lowest BCUT2D eigenvalue weighted by Crippen LogP contribution is -1.96. The summed E-state index contributed by atoms with van der Waals surface area (Å²) in [4.78, 5) is 0. The molecule has 3 heteroatoms. The van der Waals surface area contributed by atoms with E-state index in [4.69, 9.17) is 16.2 Å². The van der Waals surface area contributed by atoms with Crippen molar-refractivity contribution in [1.82, 2.24) is 0 Å². The van der Waals surface area contributed by atoms with Crippen molar-refractivity contribution in [3.8, 4) is 22.6 Å². The largest absolute Gasteiger partial charge is 0.457 e. The van der Waals surface area contributed by atoms with E-state index in [9.17, 15) is 0 Å². The molecule has 4 N–H and O–H groups in total. The van der Waals surface area contributed by atoms with Gasteiger partial charge in [-0.05, 0) is 59.2 Å². The highest BCUT2D eigenvalue weighted by Crippen LogP contribution is 2.33. The number of anilines is 2. The van der Waals surface area contributed by atoms with Gasteiger partial charge in [0.1, 0.15) is 11.5 Å². The van der Waals surface area contributed by atoms with Crippen molar-refractivity contribution in [2.45, 2.75) is 6.42 Å². The number of benzene rings is 4. The lowest BCUT2D eigenvalue weighted by Gasteiger charge is -2.14. The highest BCUT2D eigenvalue weighted by Gasteiger charge is 2.10. The van der Waals surface area contributed by atoms with Gasteiger partial charge in [0, 0.05) is 23.4 Å². The molecule has 0 atom stereocenters. The van der Waals surface area contributed by atoms with Gasteiger partial charge in [-0.3, -0.25) is 0 Å². The van der Waals surface area contributed by atoms with Gasteiger partial charge in [0.25, 0.3) is 0 Å². The van der Waals surface area contributed by atoms with Crippen molar-refractivity contribution in [3.05, 3.63) is 108 Å². The van der Waals surface area contributed by atoms with Crippen LogP contribution in [0, 0.1) is 0 Å². The zero-order valence-corrected chi connectivity index (χ0v) is 15.5. The summed E-state index contributed by atoms with van der Waals surface area (Å²) in [7, 11) is 0. The molecule has 0 amide bonds. The van der Waals surface area contributed by atoms with Crippen LogP contribution in [0.15, 0.2) is 97.1 Å². The Kier molecular flexibility index (Phi) is 4.98. The molecular formula is C25H22N2O. The van der Waals surface area contributed by atoms with E-state index in [1.165, 1.54) is 5.56 Å². The van der Waals surface area contributed by atoms with Crippen molar-refractivity contribution in [3.63, 3.8) is 0 Å². The maximum atomic E-state index is 6.19. The zero-order valence-electron chi connectivity index (χ0n) is 15.5. The molecular weight excluding hydrogens is 344 g/mol. The summed E-state index contributed by atoms with van der Waals surface area (Å²) < 4.78 is 6.17. The predicted octanol–water partition coefficient (Wildman–Crippen LogP) is 5.90. The van der Waals surface area contributed by atoms with Gasteiger partial charge in [0.05, 0.1) is 0 Å². The summed E-state index contributed by atoms with van der Waals surface area (Å²) in [5.41, 5.74) is 17.9. The number of ether oxygens (including phenoxy) is 1. The summed E-state index contributed by atoms with van der Waals surface area (Å²) >= 11 is 0. The first-order chi connectivity index (χ1) is 13.7. The first-order valence-corrected chi connectivity index (χ1v) is 9.24. The average molecular weight is 366 g/mol. The van der Waals surface area contributed by atoms with Crippen molar-refractivity contribution < 1.29 is 4.74 Å². The van der Waals surface area contributed by atoms with Gasteiger partial charge in [-0.1, -0.05) is 54.6 Å². The average Bonchev–Trinajstić information content (AvgIpc) is 2.72. The molecule has 0 saturated heterocycles. The minimum Gasteiger partial charge on any atom is -0.457 e. The Labute approximate surface area is 165 Å². The maximum absolute atomic E-state index is 6.19. The fourth-order valence-corrected chi connectivity index (χ4v) is 3.22. The summed E-state index contributed by atoms with van der Waals surface area (Å²) in [5.74, 6) is 1.59. The molecule has 0 aliphatic rings. The Bertz CT molecular complexity index is 1070. The second-order valence-electron chi connectivity index (χ2n) is 6.74. The fraction of sp³-hybridized carbons (Fsp3) is 0.0400. The van der Waals surface area contributed by atoms with Crippen LogP contribution in [0.2, 0.25) is 0 Å². The lowest BCUT2D eigenvalue weighted by molar-refractivity contribution is 0.477. The van der Waals surface area contributed by atoms with E-state index in [0.29, 0.717) is 5.69 Å². The summed E-state index contributed by atoms with van der Waals surface area (Å²) in [6.07, 6.45) is 0.770. The van der Waals surface area contributed by atoms with Gasteiger partial charge in [0.2, 0.25) is 0 Å². The lowest BCUT2D eigenvalue weighted by atomic mass is 9.97. The van der Waals surface area contributed by atoms with Crippen LogP contribution >= 0.6 is 0 Å². The van der Waals surface area contributed by atoms with Crippen LogP contribution < -0.4 is 16.2 Å². The standard InChI is InChI=1S/C25H22N2O/c26-21-11-13-22(14-12-21)28-25-15-10-19(23-8-4-5-9-24(23)27)17-20(25)16-18-6-2-1-3-7-18/h1-15,17H,16,26-27H2. The van der Waals surface area contributed by atoms with Crippen LogP contribution in [-0.4, -0.2) is 0 Å². The van der Waals surface area contributed by atoms with Gasteiger partial charge >= 0.3 is 0 Å². The highest BCUT2D eigenvalue weighted by atomic mass is 16.5. The Morgan fingerprint density at radius 3 is 2.14 bits per heavy atom. The number of hydrogen-bond donors (Lipinski definition) is 2. The Morgan fingerprint density at radius 1 is 0.679 bits per heavy atom. The highest BCUT2D eigenvalue weighted by molar-refractivity contribution is 5.77. The summed E-state index contributed by atoms with van der Waals surface area (Å²) in [6.45, 7) is 0. The molecule has 0 aromatic heterocycles. The minimum atomic E-state index is 0.715. The number of nitrogens with two attached hydrogens (primary N) is 2. The predicted molar refractivity (Wildman–Crippen MR) is 116 cm³/mol. The first-order valence-electron chi connectivity index (χ1n) is 9.24. The van der Waals surface area contributed by atoms with Crippen LogP contribution in [0.5, 0.6) is 11.5 Å². The Hall–Kier alpha value is -3.72. The van der Waals surface area contributed by atoms with Gasteiger partial charge in [-0.2, -0.15) is 0 Å². The van der Waals surface area contributed by atoms with Gasteiger partial charge in [0.15, 0.2) is 0 Å². The van der Waals surface area contributed by atoms with Crippen LogP contribution in [0.3, 0.4) is 0 Å². The van der Waals surface area contributed by atoms with Crippen LogP contribution in [0.25, 0.3) is 11.1 Å². The second kappa shape index (κ2) is 7.89. The van der Waals surface area contributed by atoms with E-state index in [1.807, 2.05) is 66.7 Å². The van der Waals surface area contributed by atoms with Gasteiger partial charge in [-0.15, -0.1) is 0 Å². The Morgan fingerprint density at radius 2 is 1.39 bits per heavy atom. The van der Waals surface area contributed by atoms with Crippen molar-refractivity contribution in [2.75, 3.05) is 11.5 Å². The third-order valence-electron chi connectivity index (χ3n) is 4.68. The fourth-order valence-electron chi connectivity index (χ4n) is 3.22. The van der Waals surface area contributed by atoms with Crippen molar-refractivity contribution in [2.24, 2.45) is 0 Å². The van der Waals surface area contributed by atoms with E-state index in [0.717, 1.165) is 40.3 Å². The Balaban J connectivity index is 1.74. The topological polar surface area (TPSA) is 61.3 Å². The summed E-state index contributed by atoms with van der Waals surface area (Å²) in [6, 6.07) is 31.9. The molecule has 0 radical (unpaired) electrons. The molecule has 4 aromatic carbocycles. The summed E-state index contributed by atoms with van der Waals surface area (Å²) in [5, 5.41) is 0. The molecule has 0 heterocycles. The SMILES string of the molecule is Nc1ccc(Oc2ccc(-c3ccccc3N)cc2Cc2ccccc2)cc1. The third kappa shape index (κ3) is 3.99. The van der Waals surface area contributed by atoms with Crippen LogP contribution in [0.1, 0.15) is 11.1 Å². The first kappa shape index (κ1) is 17.7. The van der Waals surface area contributed by atoms with Crippen molar-refractivity contribution >= 4 is 11.4 Å². The molecule has 28 heavy (non-hydrogen) atoms. The minimum absolute atomic E-state index is 0.715. The van der Waals surface area contributed by atoms with Crippen molar-refractivity contribution in [1.29, 1.82) is 0 Å². The second-order valence-corrected chi connectivity index (χ2v) is 6.74. The van der Waals surface area contributed by atoms with E-state index >= 15 is 0 Å². The van der Waals surface area contributed by atoms with Gasteiger partial charge < -0.3 is 16.2 Å². The quantitative estimate of drug-likeness (QED) is 0.432. The molecule has 0 fully saturated rings. The molecule has 4 rings (SSSR count). The third-order valence-corrected chi connectivity index (χ3v) is 4.68. The molecule has 4 aromatic rings. The molecule has 0 spiro atoms. The number of para-hydroxylation sites is 1. The van der Waals surface area contributed by atoms with E-state index in [1.54, 1.807) is 0 Å². The van der Waals surface area contributed by atoms with Crippen LogP contribution in [0.4, 0.5) is 11.4 Å². The molecule has 0 bridgehead atoms. The maximum Gasteiger partial charge on any atom is 0.130 e. The number of nitrogen functional groups attached to an aromatic ring is 2. The molecule has 0 aliphatic carbocycles. The molecule has 3 nitrogen and oxygen atoms in total. The molecule has 0 aliphatic heterocycles. The number of rotatable bonds is 5. The number of hydrogen-bond acceptors (Lipinski definition) is 3. The van der Waals surface area contributed by atoms with E-state index in [2.05, 4.69) is 30.3 Å². The molecule has 0 unspecified atom stereocenters. The van der Waals surface area contributed by atoms with Gasteiger partial charge in [-0.25, -0.2) is 0 Å². The smallest absolute Gasteiger partial charge is 0.130 e. The van der Waals surface area contributed by atoms with Crippen LogP contribution in [-0.2, 0) is 6.42 Å². The normalized spacial score (nSPS) is 10.6. The van der Waals surface area contributed by atoms with E-state index in [-0.39, 0.29) is 0 Å². The zero-order chi connectivity index (χ0) is 19.3. The monoisotopic (exact) mass is 366 g/mol. The van der Waals surface area contributed by atoms with E-state index < -0.39 is 0 Å².